The fourth-order valence-corrected chi connectivity index (χ4v) is 3.51. The molecule has 2 saturated heterocycles. The molecular formula is C20H27N3O5. The normalized spacial score (nSPS) is 19.0. The second-order valence-corrected chi connectivity index (χ2v) is 8.22. The lowest BCUT2D eigenvalue weighted by molar-refractivity contribution is -0.133. The van der Waals surface area contributed by atoms with Crippen molar-refractivity contribution in [2.75, 3.05) is 20.2 Å². The summed E-state index contributed by atoms with van der Waals surface area (Å²) in [5.41, 5.74) is -0.711. The molecule has 0 atom stereocenters. The van der Waals surface area contributed by atoms with Crippen LogP contribution in [0.4, 0.5) is 9.59 Å². The van der Waals surface area contributed by atoms with Crippen LogP contribution in [-0.4, -0.2) is 59.2 Å². The van der Waals surface area contributed by atoms with E-state index >= 15 is 0 Å². The average Bonchev–Trinajstić information content (AvgIpc) is 2.85. The van der Waals surface area contributed by atoms with Crippen LogP contribution < -0.4 is 10.1 Å². The zero-order valence-corrected chi connectivity index (χ0v) is 16.8. The van der Waals surface area contributed by atoms with Gasteiger partial charge in [0, 0.05) is 13.1 Å². The molecule has 1 spiro atoms. The molecule has 0 saturated carbocycles. The Labute approximate surface area is 164 Å². The number of urea groups is 1. The van der Waals surface area contributed by atoms with Crippen molar-refractivity contribution < 1.29 is 23.9 Å². The Kier molecular flexibility index (Phi) is 5.23. The van der Waals surface area contributed by atoms with Crippen LogP contribution in [0, 0.1) is 0 Å². The molecule has 8 heteroatoms. The van der Waals surface area contributed by atoms with E-state index in [1.807, 2.05) is 39.0 Å². The summed E-state index contributed by atoms with van der Waals surface area (Å²) >= 11 is 0. The van der Waals surface area contributed by atoms with Gasteiger partial charge in [-0.1, -0.05) is 12.1 Å². The second-order valence-electron chi connectivity index (χ2n) is 8.22. The molecule has 0 aliphatic carbocycles. The van der Waals surface area contributed by atoms with E-state index in [4.69, 9.17) is 9.47 Å². The van der Waals surface area contributed by atoms with E-state index in [2.05, 4.69) is 5.32 Å². The summed E-state index contributed by atoms with van der Waals surface area (Å²) in [5, 5.41) is 2.85. The molecule has 0 bridgehead atoms. The highest BCUT2D eigenvalue weighted by atomic mass is 16.6. The number of nitrogens with zero attached hydrogens (tertiary/aromatic N) is 2. The first-order valence-electron chi connectivity index (χ1n) is 9.38. The zero-order valence-electron chi connectivity index (χ0n) is 16.8. The number of hydrogen-bond acceptors (Lipinski definition) is 5. The first-order valence-corrected chi connectivity index (χ1v) is 9.38. The van der Waals surface area contributed by atoms with E-state index < -0.39 is 23.3 Å². The molecule has 0 radical (unpaired) electrons. The molecular weight excluding hydrogens is 362 g/mol. The number of methoxy groups -OCH3 is 1. The number of imide groups is 1. The van der Waals surface area contributed by atoms with Crippen LogP contribution >= 0.6 is 0 Å². The molecule has 8 nitrogen and oxygen atoms in total. The van der Waals surface area contributed by atoms with Crippen LogP contribution in [0.5, 0.6) is 5.75 Å². The van der Waals surface area contributed by atoms with Crippen molar-refractivity contribution in [3.63, 3.8) is 0 Å². The Balaban J connectivity index is 1.66. The highest BCUT2D eigenvalue weighted by Gasteiger charge is 2.52. The molecule has 4 amide bonds. The number of likely N-dealkylation sites (tertiary alicyclic amines) is 1. The van der Waals surface area contributed by atoms with Gasteiger partial charge < -0.3 is 19.7 Å². The molecule has 2 heterocycles. The molecule has 1 aromatic carbocycles. The van der Waals surface area contributed by atoms with E-state index in [9.17, 15) is 14.4 Å². The fourth-order valence-electron chi connectivity index (χ4n) is 3.51. The third kappa shape index (κ3) is 4.05. The predicted molar refractivity (Wildman–Crippen MR) is 102 cm³/mol. The largest absolute Gasteiger partial charge is 0.497 e. The number of amides is 4. The lowest BCUT2D eigenvalue weighted by atomic mass is 9.87. The Hall–Kier alpha value is -2.77. The molecule has 2 aliphatic heterocycles. The number of nitrogens with one attached hydrogen (secondary N) is 1. The smallest absolute Gasteiger partial charge is 0.410 e. The third-order valence-electron chi connectivity index (χ3n) is 4.99. The number of hydrogen-bond donors (Lipinski definition) is 1. The van der Waals surface area contributed by atoms with Gasteiger partial charge in [0.05, 0.1) is 13.7 Å². The first-order chi connectivity index (χ1) is 13.1. The Bertz CT molecular complexity index is 778. The quantitative estimate of drug-likeness (QED) is 0.803. The van der Waals surface area contributed by atoms with Crippen molar-refractivity contribution in [3.8, 4) is 5.75 Å². The van der Waals surface area contributed by atoms with Crippen molar-refractivity contribution >= 4 is 18.0 Å². The number of ether oxygens (including phenoxy) is 2. The minimum atomic E-state index is -0.950. The van der Waals surface area contributed by atoms with Crippen LogP contribution in [0.1, 0.15) is 39.2 Å². The molecule has 0 unspecified atom stereocenters. The zero-order chi connectivity index (χ0) is 20.5. The van der Waals surface area contributed by atoms with Crippen LogP contribution in [0.15, 0.2) is 24.3 Å². The van der Waals surface area contributed by atoms with Crippen molar-refractivity contribution in [1.29, 1.82) is 0 Å². The van der Waals surface area contributed by atoms with Crippen LogP contribution in [0.3, 0.4) is 0 Å². The van der Waals surface area contributed by atoms with Gasteiger partial charge in [0.25, 0.3) is 5.91 Å². The molecule has 0 aromatic heterocycles. The van der Waals surface area contributed by atoms with Gasteiger partial charge in [0.2, 0.25) is 0 Å². The summed E-state index contributed by atoms with van der Waals surface area (Å²) < 4.78 is 10.6. The van der Waals surface area contributed by atoms with E-state index in [0.717, 1.165) is 5.56 Å². The summed E-state index contributed by atoms with van der Waals surface area (Å²) in [4.78, 5) is 40.6. The third-order valence-corrected chi connectivity index (χ3v) is 4.99. The molecule has 3 rings (SSSR count). The van der Waals surface area contributed by atoms with Crippen molar-refractivity contribution in [1.82, 2.24) is 15.1 Å². The number of carbonyl (C=O) groups excluding carboxylic acids is 3. The number of rotatable bonds is 3. The molecule has 152 valence electrons. The molecule has 2 fully saturated rings. The average molecular weight is 389 g/mol. The number of piperidine rings is 1. The summed E-state index contributed by atoms with van der Waals surface area (Å²) in [6.45, 7) is 6.33. The topological polar surface area (TPSA) is 88.2 Å². The summed E-state index contributed by atoms with van der Waals surface area (Å²) in [5.74, 6) is 0.425. The Morgan fingerprint density at radius 1 is 1.21 bits per heavy atom. The van der Waals surface area contributed by atoms with Gasteiger partial charge in [-0.05, 0) is 51.3 Å². The minimum Gasteiger partial charge on any atom is -0.497 e. The Morgan fingerprint density at radius 2 is 1.89 bits per heavy atom. The molecule has 28 heavy (non-hydrogen) atoms. The highest BCUT2D eigenvalue weighted by Crippen LogP contribution is 2.31. The van der Waals surface area contributed by atoms with Crippen LogP contribution in [-0.2, 0) is 16.1 Å². The van der Waals surface area contributed by atoms with E-state index in [1.165, 1.54) is 4.90 Å². The van der Waals surface area contributed by atoms with Gasteiger partial charge in [0.15, 0.2) is 0 Å². The summed E-state index contributed by atoms with van der Waals surface area (Å²) in [6.07, 6.45) is 0.337. The SMILES string of the molecule is COc1cccc(CN2C(=O)NC3(CCN(C(=O)OC(C)(C)C)CC3)C2=O)c1. The van der Waals surface area contributed by atoms with Gasteiger partial charge in [-0.15, -0.1) is 0 Å². The predicted octanol–water partition coefficient (Wildman–Crippen LogP) is 2.52. The highest BCUT2D eigenvalue weighted by molar-refractivity contribution is 6.07. The molecule has 1 aromatic rings. The van der Waals surface area contributed by atoms with E-state index in [0.29, 0.717) is 31.7 Å². The number of carbonyl (C=O) groups is 3. The van der Waals surface area contributed by atoms with Crippen LogP contribution in [0.2, 0.25) is 0 Å². The van der Waals surface area contributed by atoms with Gasteiger partial charge in [-0.2, -0.15) is 0 Å². The van der Waals surface area contributed by atoms with Gasteiger partial charge >= 0.3 is 12.1 Å². The molecule has 1 N–H and O–H groups in total. The lowest BCUT2D eigenvalue weighted by Gasteiger charge is -2.37. The maximum absolute atomic E-state index is 13.0. The second kappa shape index (κ2) is 7.33. The van der Waals surface area contributed by atoms with Crippen molar-refractivity contribution in [3.05, 3.63) is 29.8 Å². The lowest BCUT2D eigenvalue weighted by Crippen LogP contribution is -2.56. The number of benzene rings is 1. The van der Waals surface area contributed by atoms with Crippen molar-refractivity contribution in [2.45, 2.75) is 51.3 Å². The van der Waals surface area contributed by atoms with E-state index in [1.54, 1.807) is 18.1 Å². The minimum absolute atomic E-state index is 0.180. The fraction of sp³-hybridized carbons (Fsp3) is 0.550. The Morgan fingerprint density at radius 3 is 2.50 bits per heavy atom. The summed E-state index contributed by atoms with van der Waals surface area (Å²) in [7, 11) is 1.57. The van der Waals surface area contributed by atoms with Gasteiger partial charge in [0.1, 0.15) is 16.9 Å². The van der Waals surface area contributed by atoms with Gasteiger partial charge in [-0.25, -0.2) is 9.59 Å². The maximum atomic E-state index is 13.0. The summed E-state index contributed by atoms with van der Waals surface area (Å²) in [6, 6.07) is 6.87. The standard InChI is InChI=1S/C20H27N3O5/c1-19(2,3)28-18(26)22-10-8-20(9-11-22)16(24)23(17(25)21-20)13-14-6-5-7-15(12-14)27-4/h5-7,12H,8-11,13H2,1-4H3,(H,21,25). The van der Waals surface area contributed by atoms with Crippen LogP contribution in [0.25, 0.3) is 0 Å². The first kappa shape index (κ1) is 20.0. The van der Waals surface area contributed by atoms with E-state index in [-0.39, 0.29) is 12.5 Å². The van der Waals surface area contributed by atoms with Gasteiger partial charge in [-0.3, -0.25) is 9.69 Å². The molecule has 2 aliphatic rings. The van der Waals surface area contributed by atoms with Crippen molar-refractivity contribution in [2.24, 2.45) is 0 Å². The maximum Gasteiger partial charge on any atom is 0.410 e. The monoisotopic (exact) mass is 389 g/mol.